The summed E-state index contributed by atoms with van der Waals surface area (Å²) >= 11 is 5.94. The highest BCUT2D eigenvalue weighted by Gasteiger charge is 2.16. The van der Waals surface area contributed by atoms with Crippen LogP contribution in [0.15, 0.2) is 47.6 Å². The summed E-state index contributed by atoms with van der Waals surface area (Å²) in [5.41, 5.74) is 1.39. The van der Waals surface area contributed by atoms with E-state index in [0.717, 1.165) is 12.0 Å². The summed E-state index contributed by atoms with van der Waals surface area (Å²) in [5, 5.41) is 0.310. The SMILES string of the molecule is CCC(C)c1ccc(S(=O)(=O)Nc2cnccc2Cl)cc1. The Morgan fingerprint density at radius 2 is 1.90 bits per heavy atom. The summed E-state index contributed by atoms with van der Waals surface area (Å²) in [6.07, 6.45) is 3.89. The van der Waals surface area contributed by atoms with Crippen molar-refractivity contribution in [2.24, 2.45) is 0 Å². The van der Waals surface area contributed by atoms with Crippen molar-refractivity contribution in [3.63, 3.8) is 0 Å². The summed E-state index contributed by atoms with van der Waals surface area (Å²) in [5.74, 6) is 0.405. The Labute approximate surface area is 130 Å². The fourth-order valence-corrected chi connectivity index (χ4v) is 3.14. The zero-order valence-corrected chi connectivity index (χ0v) is 13.4. The molecule has 1 aromatic heterocycles. The Bertz CT molecular complexity index is 715. The van der Waals surface area contributed by atoms with E-state index < -0.39 is 10.0 Å². The Morgan fingerprint density at radius 1 is 1.24 bits per heavy atom. The highest BCUT2D eigenvalue weighted by atomic mass is 35.5. The number of anilines is 1. The number of benzene rings is 1. The van der Waals surface area contributed by atoms with E-state index in [0.29, 0.717) is 10.9 Å². The van der Waals surface area contributed by atoms with Crippen molar-refractivity contribution in [2.75, 3.05) is 4.72 Å². The van der Waals surface area contributed by atoms with Gasteiger partial charge in [0.1, 0.15) is 0 Å². The third kappa shape index (κ3) is 3.74. The molecule has 0 radical (unpaired) electrons. The lowest BCUT2D eigenvalue weighted by Gasteiger charge is -2.11. The average molecular weight is 325 g/mol. The first-order valence-corrected chi connectivity index (χ1v) is 8.52. The van der Waals surface area contributed by atoms with E-state index in [4.69, 9.17) is 11.6 Å². The average Bonchev–Trinajstić information content (AvgIpc) is 2.49. The molecule has 0 amide bonds. The molecule has 1 atom stereocenters. The van der Waals surface area contributed by atoms with E-state index in [1.807, 2.05) is 12.1 Å². The Kier molecular flexibility index (Phi) is 4.85. The van der Waals surface area contributed by atoms with Gasteiger partial charge in [-0.05, 0) is 36.1 Å². The first-order chi connectivity index (χ1) is 9.94. The zero-order valence-electron chi connectivity index (χ0n) is 11.9. The van der Waals surface area contributed by atoms with Crippen LogP contribution in [0.2, 0.25) is 5.02 Å². The fourth-order valence-electron chi connectivity index (χ4n) is 1.87. The molecule has 0 saturated carbocycles. The molecule has 4 nitrogen and oxygen atoms in total. The van der Waals surface area contributed by atoms with Gasteiger partial charge in [0, 0.05) is 6.20 Å². The molecule has 2 aromatic rings. The lowest BCUT2D eigenvalue weighted by Crippen LogP contribution is -2.13. The van der Waals surface area contributed by atoms with Gasteiger partial charge in [-0.1, -0.05) is 37.6 Å². The molecule has 112 valence electrons. The second-order valence-corrected chi connectivity index (χ2v) is 6.93. The Hall–Kier alpha value is -1.59. The van der Waals surface area contributed by atoms with Crippen molar-refractivity contribution in [1.82, 2.24) is 4.98 Å². The molecule has 0 spiro atoms. The third-order valence-corrected chi connectivity index (χ3v) is 5.09. The molecule has 0 saturated heterocycles. The maximum atomic E-state index is 12.3. The van der Waals surface area contributed by atoms with Gasteiger partial charge in [0.15, 0.2) is 0 Å². The lowest BCUT2D eigenvalue weighted by atomic mass is 9.99. The monoisotopic (exact) mass is 324 g/mol. The van der Waals surface area contributed by atoms with Crippen LogP contribution in [-0.4, -0.2) is 13.4 Å². The first kappa shape index (κ1) is 15.8. The molecule has 0 aliphatic carbocycles. The highest BCUT2D eigenvalue weighted by Crippen LogP contribution is 2.24. The van der Waals surface area contributed by atoms with E-state index >= 15 is 0 Å². The quantitative estimate of drug-likeness (QED) is 0.902. The lowest BCUT2D eigenvalue weighted by molar-refractivity contribution is 0.601. The van der Waals surface area contributed by atoms with Crippen LogP contribution in [0.3, 0.4) is 0 Å². The summed E-state index contributed by atoms with van der Waals surface area (Å²) in [6, 6.07) is 8.43. The molecule has 6 heteroatoms. The molecule has 0 aliphatic rings. The van der Waals surface area contributed by atoms with Crippen molar-refractivity contribution >= 4 is 27.3 Å². The number of sulfonamides is 1. The van der Waals surface area contributed by atoms with E-state index in [1.165, 1.54) is 18.5 Å². The summed E-state index contributed by atoms with van der Waals surface area (Å²) in [7, 11) is -3.66. The molecule has 0 bridgehead atoms. The smallest absolute Gasteiger partial charge is 0.261 e. The van der Waals surface area contributed by atoms with E-state index in [-0.39, 0.29) is 10.6 Å². The van der Waals surface area contributed by atoms with Gasteiger partial charge >= 0.3 is 0 Å². The number of nitrogens with zero attached hydrogens (tertiary/aromatic N) is 1. The largest absolute Gasteiger partial charge is 0.277 e. The van der Waals surface area contributed by atoms with Crippen LogP contribution in [-0.2, 0) is 10.0 Å². The van der Waals surface area contributed by atoms with Gasteiger partial charge in [0.2, 0.25) is 0 Å². The Balaban J connectivity index is 2.26. The van der Waals surface area contributed by atoms with Crippen molar-refractivity contribution in [2.45, 2.75) is 31.1 Å². The first-order valence-electron chi connectivity index (χ1n) is 6.66. The van der Waals surface area contributed by atoms with E-state index in [9.17, 15) is 8.42 Å². The number of halogens is 1. The van der Waals surface area contributed by atoms with Crippen molar-refractivity contribution in [3.8, 4) is 0 Å². The molecule has 21 heavy (non-hydrogen) atoms. The van der Waals surface area contributed by atoms with Gasteiger partial charge in [-0.3, -0.25) is 9.71 Å². The van der Waals surface area contributed by atoms with Crippen LogP contribution in [0.1, 0.15) is 31.7 Å². The van der Waals surface area contributed by atoms with Crippen molar-refractivity contribution in [1.29, 1.82) is 0 Å². The molecule has 2 rings (SSSR count). The minimum Gasteiger partial charge on any atom is -0.277 e. The number of nitrogens with one attached hydrogen (secondary N) is 1. The van der Waals surface area contributed by atoms with Crippen LogP contribution in [0.25, 0.3) is 0 Å². The zero-order chi connectivity index (χ0) is 15.5. The van der Waals surface area contributed by atoms with E-state index in [2.05, 4.69) is 23.6 Å². The van der Waals surface area contributed by atoms with Gasteiger partial charge < -0.3 is 0 Å². The van der Waals surface area contributed by atoms with Crippen molar-refractivity contribution < 1.29 is 8.42 Å². The molecule has 0 aliphatic heterocycles. The predicted molar refractivity (Wildman–Crippen MR) is 85.2 cm³/mol. The van der Waals surface area contributed by atoms with Crippen LogP contribution in [0.4, 0.5) is 5.69 Å². The third-order valence-electron chi connectivity index (χ3n) is 3.38. The molecular weight excluding hydrogens is 308 g/mol. The normalized spacial score (nSPS) is 12.9. The van der Waals surface area contributed by atoms with Gasteiger partial charge in [0.25, 0.3) is 10.0 Å². The number of hydrogen-bond acceptors (Lipinski definition) is 3. The van der Waals surface area contributed by atoms with Crippen LogP contribution in [0, 0.1) is 0 Å². The van der Waals surface area contributed by atoms with Gasteiger partial charge in [-0.25, -0.2) is 8.42 Å². The van der Waals surface area contributed by atoms with Gasteiger partial charge in [-0.15, -0.1) is 0 Å². The second-order valence-electron chi connectivity index (χ2n) is 4.84. The minimum absolute atomic E-state index is 0.203. The van der Waals surface area contributed by atoms with E-state index in [1.54, 1.807) is 12.1 Å². The van der Waals surface area contributed by atoms with Crippen LogP contribution < -0.4 is 4.72 Å². The maximum absolute atomic E-state index is 12.3. The summed E-state index contributed by atoms with van der Waals surface area (Å²) < 4.78 is 27.1. The highest BCUT2D eigenvalue weighted by molar-refractivity contribution is 7.92. The molecule has 1 N–H and O–H groups in total. The molecular formula is C15H17ClN2O2S. The van der Waals surface area contributed by atoms with Gasteiger partial charge in [0.05, 0.1) is 21.8 Å². The Morgan fingerprint density at radius 3 is 2.48 bits per heavy atom. The topological polar surface area (TPSA) is 59.1 Å². The summed E-state index contributed by atoms with van der Waals surface area (Å²) in [6.45, 7) is 4.21. The number of hydrogen-bond donors (Lipinski definition) is 1. The number of pyridine rings is 1. The molecule has 1 heterocycles. The van der Waals surface area contributed by atoms with Crippen LogP contribution in [0.5, 0.6) is 0 Å². The fraction of sp³-hybridized carbons (Fsp3) is 0.267. The van der Waals surface area contributed by atoms with Crippen LogP contribution >= 0.6 is 11.6 Å². The van der Waals surface area contributed by atoms with Crippen molar-refractivity contribution in [3.05, 3.63) is 53.3 Å². The number of rotatable bonds is 5. The second kappa shape index (κ2) is 6.45. The maximum Gasteiger partial charge on any atom is 0.261 e. The molecule has 1 unspecified atom stereocenters. The standard InChI is InChI=1S/C15H17ClN2O2S/c1-3-11(2)12-4-6-13(7-5-12)21(19,20)18-15-10-17-9-8-14(15)16/h4-11,18H,3H2,1-2H3. The van der Waals surface area contributed by atoms with Gasteiger partial charge in [-0.2, -0.15) is 0 Å². The summed E-state index contributed by atoms with van der Waals surface area (Å²) in [4.78, 5) is 4.06. The number of aromatic nitrogens is 1. The minimum atomic E-state index is -3.66. The molecule has 1 aromatic carbocycles. The predicted octanol–water partition coefficient (Wildman–Crippen LogP) is 4.05. The molecule has 0 fully saturated rings.